The highest BCUT2D eigenvalue weighted by Gasteiger charge is 2.00. The molecule has 0 bridgehead atoms. The topological polar surface area (TPSA) is 30.7 Å². The van der Waals surface area contributed by atoms with Crippen molar-refractivity contribution in [2.75, 3.05) is 0 Å². The Hall–Kier alpha value is -1.35. The average molecular weight is 194 g/mol. The molecule has 4 heteroatoms. The highest BCUT2D eigenvalue weighted by atomic mass is 35.5. The molecule has 66 valence electrons. The molecule has 13 heavy (non-hydrogen) atoms. The van der Waals surface area contributed by atoms with Gasteiger partial charge >= 0.3 is 0 Å². The van der Waals surface area contributed by atoms with Crippen LogP contribution in [0, 0.1) is 6.92 Å². The molecule has 0 saturated heterocycles. The largest absolute Gasteiger partial charge is 0.236 e. The van der Waals surface area contributed by atoms with Crippen LogP contribution in [0.4, 0.5) is 0 Å². The smallest absolute Gasteiger partial charge is 0.153 e. The second-order valence-electron chi connectivity index (χ2n) is 2.72. The first-order chi connectivity index (χ1) is 6.27. The first-order valence-electron chi connectivity index (χ1n) is 3.90. The quantitative estimate of drug-likeness (QED) is 0.696. The van der Waals surface area contributed by atoms with Crippen LogP contribution in [0.2, 0.25) is 5.02 Å². The van der Waals surface area contributed by atoms with Crippen molar-refractivity contribution in [2.45, 2.75) is 6.92 Å². The molecule has 0 aliphatic carbocycles. The molecule has 0 saturated carbocycles. The Bertz CT molecular complexity index is 405. The zero-order valence-corrected chi connectivity index (χ0v) is 7.86. The molecule has 2 rings (SSSR count). The molecule has 0 unspecified atom stereocenters. The molecular formula is C9H8ClN3. The Balaban J connectivity index is 2.47. The number of nitrogens with zero attached hydrogens (tertiary/aromatic N) is 3. The molecule has 0 amide bonds. The van der Waals surface area contributed by atoms with Crippen molar-refractivity contribution in [3.05, 3.63) is 41.3 Å². The lowest BCUT2D eigenvalue weighted by molar-refractivity contribution is 0.817. The molecule has 0 aromatic carbocycles. The predicted molar refractivity (Wildman–Crippen MR) is 51.1 cm³/mol. The summed E-state index contributed by atoms with van der Waals surface area (Å²) < 4.78 is 1.76. The standard InChI is InChI=1S/C9H8ClN3/c1-7-4-5-12-13(7)9-3-2-8(10)6-11-9/h2-6H,1H3. The van der Waals surface area contributed by atoms with Gasteiger partial charge in [0.25, 0.3) is 0 Å². The van der Waals surface area contributed by atoms with Crippen LogP contribution < -0.4 is 0 Å². The average Bonchev–Trinajstić information content (AvgIpc) is 2.53. The summed E-state index contributed by atoms with van der Waals surface area (Å²) >= 11 is 5.72. The Labute approximate surface area is 81.0 Å². The monoisotopic (exact) mass is 193 g/mol. The van der Waals surface area contributed by atoms with E-state index in [4.69, 9.17) is 11.6 Å². The number of pyridine rings is 1. The lowest BCUT2D eigenvalue weighted by Gasteiger charge is -2.01. The van der Waals surface area contributed by atoms with Crippen molar-refractivity contribution in [1.82, 2.24) is 14.8 Å². The maximum absolute atomic E-state index is 5.72. The van der Waals surface area contributed by atoms with Gasteiger partial charge in [-0.1, -0.05) is 11.6 Å². The molecule has 0 radical (unpaired) electrons. The van der Waals surface area contributed by atoms with Crippen molar-refractivity contribution >= 4 is 11.6 Å². The van der Waals surface area contributed by atoms with Gasteiger partial charge in [-0.15, -0.1) is 0 Å². The number of rotatable bonds is 1. The van der Waals surface area contributed by atoms with E-state index in [1.54, 1.807) is 23.1 Å². The summed E-state index contributed by atoms with van der Waals surface area (Å²) in [6, 6.07) is 5.56. The Morgan fingerprint density at radius 2 is 2.15 bits per heavy atom. The molecule has 0 fully saturated rings. The minimum atomic E-state index is 0.633. The number of hydrogen-bond acceptors (Lipinski definition) is 2. The van der Waals surface area contributed by atoms with Crippen LogP contribution in [0.1, 0.15) is 5.69 Å². The molecule has 2 aromatic rings. The van der Waals surface area contributed by atoms with Gasteiger partial charge in [0.05, 0.1) is 5.02 Å². The van der Waals surface area contributed by atoms with Gasteiger partial charge in [-0.25, -0.2) is 9.67 Å². The van der Waals surface area contributed by atoms with Crippen LogP contribution in [0.5, 0.6) is 0 Å². The van der Waals surface area contributed by atoms with Crippen LogP contribution in [0.15, 0.2) is 30.6 Å². The van der Waals surface area contributed by atoms with Gasteiger partial charge in [-0.05, 0) is 25.1 Å². The van der Waals surface area contributed by atoms with Gasteiger partial charge in [0.15, 0.2) is 5.82 Å². The molecule has 0 atom stereocenters. The van der Waals surface area contributed by atoms with E-state index in [9.17, 15) is 0 Å². The van der Waals surface area contributed by atoms with E-state index in [0.29, 0.717) is 5.02 Å². The summed E-state index contributed by atoms with van der Waals surface area (Å²) in [5.74, 6) is 0.784. The van der Waals surface area contributed by atoms with Gasteiger partial charge in [0.1, 0.15) is 0 Å². The molecule has 0 aliphatic heterocycles. The van der Waals surface area contributed by atoms with Crippen molar-refractivity contribution in [3.63, 3.8) is 0 Å². The number of aryl methyl sites for hydroxylation is 1. The molecule has 0 N–H and O–H groups in total. The first kappa shape index (κ1) is 8.26. The predicted octanol–water partition coefficient (Wildman–Crippen LogP) is 2.23. The minimum Gasteiger partial charge on any atom is -0.236 e. The summed E-state index contributed by atoms with van der Waals surface area (Å²) in [5, 5.41) is 4.76. The fourth-order valence-corrected chi connectivity index (χ4v) is 1.21. The SMILES string of the molecule is Cc1ccnn1-c1ccc(Cl)cn1. The normalized spacial score (nSPS) is 10.3. The third kappa shape index (κ3) is 1.55. The highest BCUT2D eigenvalue weighted by molar-refractivity contribution is 6.30. The molecule has 0 aliphatic rings. The molecule has 0 spiro atoms. The zero-order chi connectivity index (χ0) is 9.26. The van der Waals surface area contributed by atoms with Gasteiger partial charge in [-0.2, -0.15) is 5.10 Å². The highest BCUT2D eigenvalue weighted by Crippen LogP contribution is 2.10. The van der Waals surface area contributed by atoms with Gasteiger partial charge < -0.3 is 0 Å². The van der Waals surface area contributed by atoms with Crippen LogP contribution in [0.25, 0.3) is 5.82 Å². The van der Waals surface area contributed by atoms with Gasteiger partial charge in [0, 0.05) is 18.1 Å². The van der Waals surface area contributed by atoms with E-state index in [0.717, 1.165) is 11.5 Å². The van der Waals surface area contributed by atoms with Gasteiger partial charge in [0.2, 0.25) is 0 Å². The number of hydrogen-bond donors (Lipinski definition) is 0. The lowest BCUT2D eigenvalue weighted by atomic mass is 10.4. The van der Waals surface area contributed by atoms with Crippen LogP contribution >= 0.6 is 11.6 Å². The van der Waals surface area contributed by atoms with Gasteiger partial charge in [-0.3, -0.25) is 0 Å². The molecule has 3 nitrogen and oxygen atoms in total. The maximum atomic E-state index is 5.72. The summed E-state index contributed by atoms with van der Waals surface area (Å²) in [4.78, 5) is 4.15. The van der Waals surface area contributed by atoms with E-state index < -0.39 is 0 Å². The summed E-state index contributed by atoms with van der Waals surface area (Å²) in [5.41, 5.74) is 1.05. The van der Waals surface area contributed by atoms with Crippen molar-refractivity contribution in [2.24, 2.45) is 0 Å². The third-order valence-electron chi connectivity index (χ3n) is 1.76. The van der Waals surface area contributed by atoms with E-state index >= 15 is 0 Å². The van der Waals surface area contributed by atoms with Crippen LogP contribution in [-0.4, -0.2) is 14.8 Å². The Kier molecular flexibility index (Phi) is 2.02. The summed E-state index contributed by atoms with van der Waals surface area (Å²) in [6.45, 7) is 1.98. The molecule has 2 aromatic heterocycles. The fraction of sp³-hybridized carbons (Fsp3) is 0.111. The summed E-state index contributed by atoms with van der Waals surface area (Å²) in [7, 11) is 0. The van der Waals surface area contributed by atoms with E-state index in [1.165, 1.54) is 0 Å². The minimum absolute atomic E-state index is 0.633. The number of halogens is 1. The molecular weight excluding hydrogens is 186 g/mol. The van der Waals surface area contributed by atoms with E-state index in [1.807, 2.05) is 19.1 Å². The van der Waals surface area contributed by atoms with Crippen LogP contribution in [0.3, 0.4) is 0 Å². The zero-order valence-electron chi connectivity index (χ0n) is 7.11. The van der Waals surface area contributed by atoms with Crippen molar-refractivity contribution in [3.8, 4) is 5.82 Å². The van der Waals surface area contributed by atoms with Crippen molar-refractivity contribution in [1.29, 1.82) is 0 Å². The summed E-state index contributed by atoms with van der Waals surface area (Å²) in [6.07, 6.45) is 3.35. The second kappa shape index (κ2) is 3.18. The lowest BCUT2D eigenvalue weighted by Crippen LogP contribution is -2.00. The third-order valence-corrected chi connectivity index (χ3v) is 1.98. The maximum Gasteiger partial charge on any atom is 0.153 e. The fourth-order valence-electron chi connectivity index (χ4n) is 1.10. The van der Waals surface area contributed by atoms with Crippen molar-refractivity contribution < 1.29 is 0 Å². The number of aromatic nitrogens is 3. The van der Waals surface area contributed by atoms with Crippen LogP contribution in [-0.2, 0) is 0 Å². The van der Waals surface area contributed by atoms with E-state index in [2.05, 4.69) is 10.1 Å². The molecule has 2 heterocycles. The Morgan fingerprint density at radius 1 is 1.31 bits per heavy atom. The second-order valence-corrected chi connectivity index (χ2v) is 3.16. The van der Waals surface area contributed by atoms with E-state index in [-0.39, 0.29) is 0 Å². The first-order valence-corrected chi connectivity index (χ1v) is 4.28. The Morgan fingerprint density at radius 3 is 2.69 bits per heavy atom.